The van der Waals surface area contributed by atoms with E-state index in [2.05, 4.69) is 4.98 Å². The molecule has 0 N–H and O–H groups in total. The maximum atomic E-state index is 8.98. The molecule has 1 aliphatic carbocycles. The van der Waals surface area contributed by atoms with E-state index in [1.54, 1.807) is 12.3 Å². The number of rotatable bonds is 0. The SMILES string of the molecule is N#CC(C#N)=c1ccnc2c1=Cc1ccccc1-2. The van der Waals surface area contributed by atoms with Crippen LogP contribution in [0.3, 0.4) is 0 Å². The molecule has 3 nitrogen and oxygen atoms in total. The quantitative estimate of drug-likeness (QED) is 0.579. The predicted octanol–water partition coefficient (Wildman–Crippen LogP) is 1.09. The first-order valence-electron chi connectivity index (χ1n) is 5.46. The van der Waals surface area contributed by atoms with Crippen molar-refractivity contribution >= 4 is 11.6 Å². The molecular formula is C15H7N3. The molecular weight excluding hydrogens is 222 g/mol. The molecule has 0 radical (unpaired) electrons. The third-order valence-electron chi connectivity index (χ3n) is 3.00. The van der Waals surface area contributed by atoms with Crippen LogP contribution in [0.2, 0.25) is 0 Å². The summed E-state index contributed by atoms with van der Waals surface area (Å²) in [6, 6.07) is 13.5. The highest BCUT2D eigenvalue weighted by molar-refractivity contribution is 5.82. The van der Waals surface area contributed by atoms with Crippen molar-refractivity contribution in [3.63, 3.8) is 0 Å². The molecule has 0 fully saturated rings. The van der Waals surface area contributed by atoms with E-state index in [0.717, 1.165) is 22.0 Å². The first kappa shape index (κ1) is 10.3. The van der Waals surface area contributed by atoms with Gasteiger partial charge in [0.2, 0.25) is 0 Å². The summed E-state index contributed by atoms with van der Waals surface area (Å²) < 4.78 is 0. The summed E-state index contributed by atoms with van der Waals surface area (Å²) in [6.07, 6.45) is 3.61. The lowest BCUT2D eigenvalue weighted by Gasteiger charge is -1.98. The number of hydrogen-bond donors (Lipinski definition) is 0. The van der Waals surface area contributed by atoms with Gasteiger partial charge >= 0.3 is 0 Å². The van der Waals surface area contributed by atoms with Gasteiger partial charge < -0.3 is 0 Å². The second-order valence-corrected chi connectivity index (χ2v) is 3.95. The lowest BCUT2D eigenvalue weighted by atomic mass is 10.1. The van der Waals surface area contributed by atoms with E-state index in [4.69, 9.17) is 10.5 Å². The summed E-state index contributed by atoms with van der Waals surface area (Å²) in [5.74, 6) is 0. The summed E-state index contributed by atoms with van der Waals surface area (Å²) in [7, 11) is 0. The fourth-order valence-electron chi connectivity index (χ4n) is 2.19. The van der Waals surface area contributed by atoms with Gasteiger partial charge in [0.25, 0.3) is 0 Å². The molecule has 0 unspecified atom stereocenters. The number of pyridine rings is 1. The lowest BCUT2D eigenvalue weighted by Crippen LogP contribution is -2.27. The second kappa shape index (κ2) is 3.84. The Bertz CT molecular complexity index is 833. The molecule has 1 heterocycles. The number of benzene rings is 1. The van der Waals surface area contributed by atoms with E-state index in [1.807, 2.05) is 42.5 Å². The van der Waals surface area contributed by atoms with Crippen LogP contribution >= 0.6 is 0 Å². The average molecular weight is 229 g/mol. The molecule has 2 aromatic rings. The molecule has 1 aromatic carbocycles. The van der Waals surface area contributed by atoms with Crippen molar-refractivity contribution in [2.75, 3.05) is 0 Å². The minimum absolute atomic E-state index is 0.123. The first-order valence-corrected chi connectivity index (χ1v) is 5.46. The van der Waals surface area contributed by atoms with Gasteiger partial charge in [0.05, 0.1) is 5.69 Å². The Labute approximate surface area is 104 Å². The van der Waals surface area contributed by atoms with Crippen LogP contribution in [0.1, 0.15) is 5.56 Å². The molecule has 0 bridgehead atoms. The maximum Gasteiger partial charge on any atom is 0.137 e. The third-order valence-corrected chi connectivity index (χ3v) is 3.00. The van der Waals surface area contributed by atoms with Gasteiger partial charge in [-0.1, -0.05) is 24.3 Å². The average Bonchev–Trinajstić information content (AvgIpc) is 2.80. The molecule has 1 aromatic heterocycles. The van der Waals surface area contributed by atoms with Crippen molar-refractivity contribution in [1.82, 2.24) is 4.98 Å². The number of fused-ring (bicyclic) bond motifs is 3. The van der Waals surface area contributed by atoms with Crippen LogP contribution in [0.5, 0.6) is 0 Å². The van der Waals surface area contributed by atoms with E-state index in [9.17, 15) is 0 Å². The van der Waals surface area contributed by atoms with Crippen molar-refractivity contribution in [2.24, 2.45) is 0 Å². The normalized spacial score (nSPS) is 10.6. The number of nitrogens with zero attached hydrogens (tertiary/aromatic N) is 3. The Hall–Kier alpha value is -2.91. The smallest absolute Gasteiger partial charge is 0.137 e. The van der Waals surface area contributed by atoms with Crippen LogP contribution < -0.4 is 10.4 Å². The van der Waals surface area contributed by atoms with Crippen molar-refractivity contribution in [3.05, 3.63) is 52.5 Å². The van der Waals surface area contributed by atoms with Crippen LogP contribution in [-0.2, 0) is 0 Å². The molecule has 0 amide bonds. The summed E-state index contributed by atoms with van der Waals surface area (Å²) in [4.78, 5) is 4.35. The lowest BCUT2D eigenvalue weighted by molar-refractivity contribution is 1.28. The minimum Gasteiger partial charge on any atom is -0.256 e. The zero-order valence-corrected chi connectivity index (χ0v) is 9.38. The van der Waals surface area contributed by atoms with Crippen LogP contribution in [0.25, 0.3) is 22.9 Å². The van der Waals surface area contributed by atoms with Crippen molar-refractivity contribution < 1.29 is 0 Å². The molecule has 18 heavy (non-hydrogen) atoms. The van der Waals surface area contributed by atoms with Crippen molar-refractivity contribution in [1.29, 1.82) is 10.5 Å². The third kappa shape index (κ3) is 1.32. The van der Waals surface area contributed by atoms with Gasteiger partial charge in [0.15, 0.2) is 0 Å². The zero-order chi connectivity index (χ0) is 12.5. The van der Waals surface area contributed by atoms with Gasteiger partial charge in [-0.05, 0) is 17.7 Å². The summed E-state index contributed by atoms with van der Waals surface area (Å²) in [5.41, 5.74) is 3.08. The van der Waals surface area contributed by atoms with Gasteiger partial charge in [0.1, 0.15) is 17.7 Å². The molecule has 3 heteroatoms. The molecule has 82 valence electrons. The zero-order valence-electron chi connectivity index (χ0n) is 9.38. The fraction of sp³-hybridized carbons (Fsp3) is 0. The van der Waals surface area contributed by atoms with Gasteiger partial charge in [0, 0.05) is 22.2 Å². The van der Waals surface area contributed by atoms with Gasteiger partial charge in [-0.25, -0.2) is 0 Å². The molecule has 3 rings (SSSR count). The highest BCUT2D eigenvalue weighted by atomic mass is 14.7. The summed E-state index contributed by atoms with van der Waals surface area (Å²) in [5, 5.41) is 19.5. The number of nitriles is 2. The monoisotopic (exact) mass is 229 g/mol. The van der Waals surface area contributed by atoms with Crippen molar-refractivity contribution in [2.45, 2.75) is 0 Å². The Morgan fingerprint density at radius 2 is 1.83 bits per heavy atom. The van der Waals surface area contributed by atoms with E-state index < -0.39 is 0 Å². The van der Waals surface area contributed by atoms with E-state index in [-0.39, 0.29) is 5.57 Å². The number of aromatic nitrogens is 1. The largest absolute Gasteiger partial charge is 0.256 e. The Morgan fingerprint density at radius 1 is 1.06 bits per heavy atom. The standard InChI is InChI=1S/C15H7N3/c16-8-11(9-17)12-5-6-18-15-13-4-2-1-3-10(13)7-14(12)15/h1-7H. The van der Waals surface area contributed by atoms with Crippen LogP contribution in [-0.4, -0.2) is 4.98 Å². The number of hydrogen-bond acceptors (Lipinski definition) is 3. The first-order chi connectivity index (χ1) is 8.85. The van der Waals surface area contributed by atoms with Crippen molar-refractivity contribution in [3.8, 4) is 23.4 Å². The molecule has 0 spiro atoms. The Balaban J connectivity index is 2.50. The van der Waals surface area contributed by atoms with Gasteiger partial charge in [-0.2, -0.15) is 10.5 Å². The van der Waals surface area contributed by atoms with Gasteiger partial charge in [-0.3, -0.25) is 4.98 Å². The molecule has 0 atom stereocenters. The topological polar surface area (TPSA) is 60.5 Å². The highest BCUT2D eigenvalue weighted by Crippen LogP contribution is 2.23. The van der Waals surface area contributed by atoms with Crippen LogP contribution in [0.15, 0.2) is 36.5 Å². The molecule has 1 aliphatic rings. The van der Waals surface area contributed by atoms with Gasteiger partial charge in [-0.15, -0.1) is 0 Å². The van der Waals surface area contributed by atoms with E-state index in [1.165, 1.54) is 0 Å². The van der Waals surface area contributed by atoms with E-state index in [0.29, 0.717) is 5.22 Å². The maximum absolute atomic E-state index is 8.98. The van der Waals surface area contributed by atoms with E-state index >= 15 is 0 Å². The van der Waals surface area contributed by atoms with Crippen LogP contribution in [0.4, 0.5) is 0 Å². The summed E-state index contributed by atoms with van der Waals surface area (Å²) >= 11 is 0. The summed E-state index contributed by atoms with van der Waals surface area (Å²) in [6.45, 7) is 0. The fourth-order valence-corrected chi connectivity index (χ4v) is 2.19. The molecule has 0 saturated carbocycles. The Morgan fingerprint density at radius 3 is 2.61 bits per heavy atom. The molecule has 0 aliphatic heterocycles. The molecule has 0 saturated heterocycles. The predicted molar refractivity (Wildman–Crippen MR) is 67.1 cm³/mol. The highest BCUT2D eigenvalue weighted by Gasteiger charge is 2.13. The second-order valence-electron chi connectivity index (χ2n) is 3.95. The minimum atomic E-state index is 0.123. The van der Waals surface area contributed by atoms with Crippen LogP contribution in [0, 0.1) is 22.7 Å². The Kier molecular flexibility index (Phi) is 2.19.